The Kier molecular flexibility index (Phi) is 4.57. The largest absolute Gasteiger partial charge is 0.346 e. The van der Waals surface area contributed by atoms with Crippen LogP contribution >= 0.6 is 15.9 Å². The topological polar surface area (TPSA) is 54.5 Å². The summed E-state index contributed by atoms with van der Waals surface area (Å²) in [4.78, 5) is 16.3. The molecule has 4 aromatic heterocycles. The maximum Gasteiger partial charge on any atom is 0.137 e. The van der Waals surface area contributed by atoms with Crippen LogP contribution in [-0.2, 0) is 19.3 Å². The van der Waals surface area contributed by atoms with Gasteiger partial charge in [-0.2, -0.15) is 0 Å². The highest BCUT2D eigenvalue weighted by molar-refractivity contribution is 9.10. The highest BCUT2D eigenvalue weighted by Crippen LogP contribution is 2.20. The molecule has 0 aromatic carbocycles. The lowest BCUT2D eigenvalue weighted by atomic mass is 10.1. The van der Waals surface area contributed by atoms with Crippen molar-refractivity contribution in [2.75, 3.05) is 0 Å². The van der Waals surface area contributed by atoms with Gasteiger partial charge in [-0.3, -0.25) is 9.97 Å². The number of aromatic nitrogens is 4. The number of rotatable bonds is 5. The van der Waals surface area contributed by atoms with Crippen LogP contribution in [0.15, 0.2) is 65.8 Å². The van der Waals surface area contributed by atoms with Crippen LogP contribution in [0.3, 0.4) is 0 Å². The predicted molar refractivity (Wildman–Crippen MR) is 102 cm³/mol. The molecule has 0 fully saturated rings. The van der Waals surface area contributed by atoms with Crippen molar-refractivity contribution in [2.24, 2.45) is 0 Å². The number of aryl methyl sites for hydroxylation is 2. The quantitative estimate of drug-likeness (QED) is 0.544. The molecule has 0 aliphatic heterocycles. The number of aromatic amines is 1. The monoisotopic (exact) mass is 392 g/mol. The van der Waals surface area contributed by atoms with Crippen LogP contribution in [0.4, 0.5) is 0 Å². The van der Waals surface area contributed by atoms with Crippen LogP contribution < -0.4 is 0 Å². The van der Waals surface area contributed by atoms with Gasteiger partial charge in [0.05, 0.1) is 0 Å². The van der Waals surface area contributed by atoms with Gasteiger partial charge >= 0.3 is 0 Å². The zero-order valence-corrected chi connectivity index (χ0v) is 15.2. The molecule has 0 unspecified atom stereocenters. The molecule has 4 heterocycles. The molecule has 0 bridgehead atoms. The normalized spacial score (nSPS) is 11.1. The van der Waals surface area contributed by atoms with Crippen molar-refractivity contribution in [1.82, 2.24) is 19.9 Å². The molecule has 0 spiro atoms. The van der Waals surface area contributed by atoms with Crippen molar-refractivity contribution in [3.63, 3.8) is 0 Å². The summed E-state index contributed by atoms with van der Waals surface area (Å²) in [5, 5.41) is 1.18. The number of H-pyrrole nitrogens is 1. The standard InChI is InChI=1S/C20H17BrN4/c21-19-13-22-9-7-15(19)4-6-17-5-3-14(11-24-17)10-16-12-25-20-18(16)2-1-8-23-20/h1-3,5,7-9,11-13H,4,6,10H2,(H,23,25). The minimum Gasteiger partial charge on any atom is -0.346 e. The molecule has 124 valence electrons. The van der Waals surface area contributed by atoms with E-state index < -0.39 is 0 Å². The molecule has 0 aliphatic carbocycles. The Labute approximate surface area is 154 Å². The minimum absolute atomic E-state index is 0.856. The number of hydrogen-bond acceptors (Lipinski definition) is 3. The summed E-state index contributed by atoms with van der Waals surface area (Å²) >= 11 is 3.54. The summed E-state index contributed by atoms with van der Waals surface area (Å²) in [5.74, 6) is 0. The van der Waals surface area contributed by atoms with Crippen molar-refractivity contribution in [1.29, 1.82) is 0 Å². The number of nitrogens with one attached hydrogen (secondary N) is 1. The van der Waals surface area contributed by atoms with E-state index in [0.717, 1.165) is 35.1 Å². The third kappa shape index (κ3) is 3.61. The lowest BCUT2D eigenvalue weighted by Crippen LogP contribution is -1.97. The molecule has 4 rings (SSSR count). The molecule has 0 atom stereocenters. The van der Waals surface area contributed by atoms with Crippen LogP contribution in [0, 0.1) is 0 Å². The van der Waals surface area contributed by atoms with Gasteiger partial charge in [-0.05, 0) is 69.7 Å². The number of hydrogen-bond donors (Lipinski definition) is 1. The average Bonchev–Trinajstić information content (AvgIpc) is 3.05. The second-order valence-corrected chi connectivity index (χ2v) is 6.87. The van der Waals surface area contributed by atoms with E-state index in [1.165, 1.54) is 22.1 Å². The van der Waals surface area contributed by atoms with E-state index in [4.69, 9.17) is 0 Å². The van der Waals surface area contributed by atoms with Gasteiger partial charge in [0.15, 0.2) is 0 Å². The molecule has 1 N–H and O–H groups in total. The first kappa shape index (κ1) is 16.0. The summed E-state index contributed by atoms with van der Waals surface area (Å²) in [6, 6.07) is 10.4. The first-order chi connectivity index (χ1) is 12.3. The van der Waals surface area contributed by atoms with Crippen LogP contribution in [0.1, 0.15) is 22.4 Å². The fourth-order valence-corrected chi connectivity index (χ4v) is 3.40. The zero-order valence-electron chi connectivity index (χ0n) is 13.6. The van der Waals surface area contributed by atoms with Gasteiger partial charge in [0.2, 0.25) is 0 Å². The molecular weight excluding hydrogens is 376 g/mol. The van der Waals surface area contributed by atoms with Gasteiger partial charge < -0.3 is 4.98 Å². The van der Waals surface area contributed by atoms with Gasteiger partial charge in [-0.15, -0.1) is 0 Å². The van der Waals surface area contributed by atoms with E-state index in [2.05, 4.69) is 54.1 Å². The van der Waals surface area contributed by atoms with Crippen molar-refractivity contribution < 1.29 is 0 Å². The number of halogens is 1. The maximum absolute atomic E-state index is 4.63. The summed E-state index contributed by atoms with van der Waals surface area (Å²) in [7, 11) is 0. The molecule has 0 saturated heterocycles. The van der Waals surface area contributed by atoms with Crippen molar-refractivity contribution in [3.05, 3.63) is 88.2 Å². The molecule has 0 aliphatic rings. The van der Waals surface area contributed by atoms with Crippen LogP contribution in [-0.4, -0.2) is 19.9 Å². The van der Waals surface area contributed by atoms with E-state index in [-0.39, 0.29) is 0 Å². The second-order valence-electron chi connectivity index (χ2n) is 6.02. The average molecular weight is 393 g/mol. The van der Waals surface area contributed by atoms with E-state index in [0.29, 0.717) is 0 Å². The van der Waals surface area contributed by atoms with Crippen molar-refractivity contribution >= 4 is 27.0 Å². The molecule has 5 heteroatoms. The summed E-state index contributed by atoms with van der Waals surface area (Å²) in [6.45, 7) is 0. The number of pyridine rings is 3. The van der Waals surface area contributed by atoms with E-state index >= 15 is 0 Å². The fraction of sp³-hybridized carbons (Fsp3) is 0.150. The highest BCUT2D eigenvalue weighted by Gasteiger charge is 2.06. The molecule has 0 amide bonds. The second kappa shape index (κ2) is 7.15. The van der Waals surface area contributed by atoms with Gasteiger partial charge in [-0.1, -0.05) is 6.07 Å². The Morgan fingerprint density at radius 2 is 1.88 bits per heavy atom. The Balaban J connectivity index is 1.44. The minimum atomic E-state index is 0.856. The summed E-state index contributed by atoms with van der Waals surface area (Å²) < 4.78 is 1.06. The van der Waals surface area contributed by atoms with Gasteiger partial charge in [0.25, 0.3) is 0 Å². The van der Waals surface area contributed by atoms with Crippen molar-refractivity contribution in [2.45, 2.75) is 19.3 Å². The predicted octanol–water partition coefficient (Wildman–Crippen LogP) is 4.49. The Bertz CT molecular complexity index is 992. The third-order valence-electron chi connectivity index (χ3n) is 4.32. The fourth-order valence-electron chi connectivity index (χ4n) is 2.96. The molecular formula is C20H17BrN4. The molecule has 4 nitrogen and oxygen atoms in total. The SMILES string of the molecule is Brc1cnccc1CCc1ccc(Cc2c[nH]c3ncccc23)cn1. The highest BCUT2D eigenvalue weighted by atomic mass is 79.9. The van der Waals surface area contributed by atoms with Crippen LogP contribution in [0.5, 0.6) is 0 Å². The summed E-state index contributed by atoms with van der Waals surface area (Å²) in [5.41, 5.74) is 5.75. The van der Waals surface area contributed by atoms with E-state index in [1.807, 2.05) is 36.9 Å². The van der Waals surface area contributed by atoms with E-state index in [1.54, 1.807) is 6.20 Å². The third-order valence-corrected chi connectivity index (χ3v) is 5.04. The smallest absolute Gasteiger partial charge is 0.137 e. The molecule has 0 saturated carbocycles. The van der Waals surface area contributed by atoms with Crippen LogP contribution in [0.25, 0.3) is 11.0 Å². The Morgan fingerprint density at radius 3 is 2.72 bits per heavy atom. The maximum atomic E-state index is 4.63. The van der Waals surface area contributed by atoms with Gasteiger partial charge in [0.1, 0.15) is 5.65 Å². The van der Waals surface area contributed by atoms with Gasteiger partial charge in [0, 0.05) is 53.0 Å². The molecule has 4 aromatic rings. The first-order valence-corrected chi connectivity index (χ1v) is 9.02. The Morgan fingerprint density at radius 1 is 0.920 bits per heavy atom. The van der Waals surface area contributed by atoms with Crippen LogP contribution in [0.2, 0.25) is 0 Å². The molecule has 25 heavy (non-hydrogen) atoms. The first-order valence-electron chi connectivity index (χ1n) is 8.23. The van der Waals surface area contributed by atoms with E-state index in [9.17, 15) is 0 Å². The zero-order chi connectivity index (χ0) is 17.1. The number of fused-ring (bicyclic) bond motifs is 1. The van der Waals surface area contributed by atoms with Crippen molar-refractivity contribution in [3.8, 4) is 0 Å². The lowest BCUT2D eigenvalue weighted by molar-refractivity contribution is 0.901. The number of nitrogens with zero attached hydrogens (tertiary/aromatic N) is 3. The summed E-state index contributed by atoms with van der Waals surface area (Å²) in [6.07, 6.45) is 12.2. The Hall–Kier alpha value is -2.53. The van der Waals surface area contributed by atoms with Gasteiger partial charge in [-0.25, -0.2) is 4.98 Å². The molecule has 0 radical (unpaired) electrons. The lowest BCUT2D eigenvalue weighted by Gasteiger charge is -2.05.